The lowest BCUT2D eigenvalue weighted by molar-refractivity contribution is 0.586. The summed E-state index contributed by atoms with van der Waals surface area (Å²) in [5.41, 5.74) is 3.95. The minimum absolute atomic E-state index is 0.509. The van der Waals surface area contributed by atoms with Gasteiger partial charge in [-0.15, -0.1) is 0 Å². The first-order valence-electron chi connectivity index (χ1n) is 5.20. The van der Waals surface area contributed by atoms with Crippen LogP contribution in [0.3, 0.4) is 0 Å². The fraction of sp³-hybridized carbons (Fsp3) is 0.500. The van der Waals surface area contributed by atoms with Gasteiger partial charge in [-0.05, 0) is 32.4 Å². The summed E-state index contributed by atoms with van der Waals surface area (Å²) >= 11 is 0. The smallest absolute Gasteiger partial charge is 0.0632 e. The van der Waals surface area contributed by atoms with Gasteiger partial charge in [-0.3, -0.25) is 0 Å². The van der Waals surface area contributed by atoms with E-state index in [9.17, 15) is 0 Å². The van der Waals surface area contributed by atoms with Crippen LogP contribution in [0.4, 0.5) is 11.4 Å². The Morgan fingerprint density at radius 1 is 1.29 bits per heavy atom. The summed E-state index contributed by atoms with van der Waals surface area (Å²) in [6.45, 7) is 6.65. The van der Waals surface area contributed by atoms with Crippen LogP contribution in [0.2, 0.25) is 0 Å². The molecule has 2 atom stereocenters. The lowest BCUT2D eigenvalue weighted by atomic mass is 10.0. The molecule has 2 unspecified atom stereocenters. The molecule has 2 nitrogen and oxygen atoms in total. The third-order valence-electron chi connectivity index (χ3n) is 3.31. The van der Waals surface area contributed by atoms with Gasteiger partial charge in [0.1, 0.15) is 0 Å². The number of likely N-dealkylation sites (N-methyl/N-ethyl adjacent to an activating group) is 1. The number of fused-ring (bicyclic) bond motifs is 1. The maximum absolute atomic E-state index is 3.54. The zero-order chi connectivity index (χ0) is 10.3. The zero-order valence-corrected chi connectivity index (χ0v) is 9.33. The van der Waals surface area contributed by atoms with Crippen molar-refractivity contribution < 1.29 is 0 Å². The summed E-state index contributed by atoms with van der Waals surface area (Å²) in [6, 6.07) is 7.48. The summed E-state index contributed by atoms with van der Waals surface area (Å²) in [5.74, 6) is 0. The third-order valence-corrected chi connectivity index (χ3v) is 3.31. The molecule has 2 heteroatoms. The van der Waals surface area contributed by atoms with Gasteiger partial charge in [0.25, 0.3) is 0 Å². The van der Waals surface area contributed by atoms with Crippen LogP contribution in [0, 0.1) is 6.92 Å². The molecule has 1 heterocycles. The molecular weight excluding hydrogens is 172 g/mol. The quantitative estimate of drug-likeness (QED) is 0.676. The lowest BCUT2D eigenvalue weighted by Crippen LogP contribution is -2.45. The first-order valence-corrected chi connectivity index (χ1v) is 5.20. The number of rotatable bonds is 0. The summed E-state index contributed by atoms with van der Waals surface area (Å²) in [6.07, 6.45) is 0. The maximum atomic E-state index is 3.54. The number of hydrogen-bond donors (Lipinski definition) is 1. The molecule has 1 N–H and O–H groups in total. The number of benzene rings is 1. The minimum atomic E-state index is 0.509. The Hall–Kier alpha value is -1.18. The molecule has 0 bridgehead atoms. The third kappa shape index (κ3) is 1.26. The predicted molar refractivity (Wildman–Crippen MR) is 62.1 cm³/mol. The van der Waals surface area contributed by atoms with Crippen molar-refractivity contribution in [2.24, 2.45) is 0 Å². The number of anilines is 2. The lowest BCUT2D eigenvalue weighted by Gasteiger charge is -2.40. The van der Waals surface area contributed by atoms with Crippen molar-refractivity contribution in [3.63, 3.8) is 0 Å². The van der Waals surface area contributed by atoms with Crippen LogP contribution in [-0.4, -0.2) is 19.1 Å². The van der Waals surface area contributed by atoms with Gasteiger partial charge < -0.3 is 10.2 Å². The number of para-hydroxylation sites is 1. The molecule has 0 amide bonds. The second-order valence-corrected chi connectivity index (χ2v) is 4.26. The highest BCUT2D eigenvalue weighted by atomic mass is 15.2. The van der Waals surface area contributed by atoms with E-state index in [1.165, 1.54) is 16.9 Å². The SMILES string of the molecule is Cc1cccc2c1N(C)C(C)C(C)N2. The molecule has 0 aliphatic carbocycles. The van der Waals surface area contributed by atoms with Crippen LogP contribution in [0.15, 0.2) is 18.2 Å². The summed E-state index contributed by atoms with van der Waals surface area (Å²) in [7, 11) is 2.17. The summed E-state index contributed by atoms with van der Waals surface area (Å²) in [4.78, 5) is 2.37. The van der Waals surface area contributed by atoms with Crippen molar-refractivity contribution in [1.29, 1.82) is 0 Å². The fourth-order valence-corrected chi connectivity index (χ4v) is 2.15. The molecule has 2 rings (SSSR count). The predicted octanol–water partition coefficient (Wildman–Crippen LogP) is 2.63. The molecule has 76 valence electrons. The average molecular weight is 190 g/mol. The van der Waals surface area contributed by atoms with Gasteiger partial charge in [0, 0.05) is 19.1 Å². The van der Waals surface area contributed by atoms with E-state index in [1.54, 1.807) is 0 Å². The normalized spacial score (nSPS) is 25.6. The Labute approximate surface area is 85.9 Å². The van der Waals surface area contributed by atoms with E-state index < -0.39 is 0 Å². The Morgan fingerprint density at radius 3 is 2.71 bits per heavy atom. The van der Waals surface area contributed by atoms with Crippen molar-refractivity contribution >= 4 is 11.4 Å². The summed E-state index contributed by atoms with van der Waals surface area (Å²) in [5, 5.41) is 3.54. The van der Waals surface area contributed by atoms with Crippen LogP contribution < -0.4 is 10.2 Å². The molecule has 0 aromatic heterocycles. The molecule has 14 heavy (non-hydrogen) atoms. The van der Waals surface area contributed by atoms with E-state index in [2.05, 4.69) is 56.2 Å². The molecule has 0 spiro atoms. The second-order valence-electron chi connectivity index (χ2n) is 4.26. The van der Waals surface area contributed by atoms with Gasteiger partial charge in [-0.1, -0.05) is 12.1 Å². The van der Waals surface area contributed by atoms with E-state index in [1.807, 2.05) is 0 Å². The Morgan fingerprint density at radius 2 is 2.00 bits per heavy atom. The van der Waals surface area contributed by atoms with Crippen molar-refractivity contribution in [2.45, 2.75) is 32.9 Å². The Balaban J connectivity index is 2.51. The van der Waals surface area contributed by atoms with Gasteiger partial charge in [0.05, 0.1) is 11.4 Å². The molecule has 1 aromatic carbocycles. The molecule has 1 aliphatic heterocycles. The van der Waals surface area contributed by atoms with E-state index in [0.717, 1.165) is 0 Å². The molecule has 0 fully saturated rings. The highest BCUT2D eigenvalue weighted by Gasteiger charge is 2.26. The average Bonchev–Trinajstić information content (AvgIpc) is 2.14. The van der Waals surface area contributed by atoms with Crippen molar-refractivity contribution in [1.82, 2.24) is 0 Å². The minimum Gasteiger partial charge on any atom is -0.379 e. The van der Waals surface area contributed by atoms with E-state index >= 15 is 0 Å². The monoisotopic (exact) mass is 190 g/mol. The molecule has 1 aliphatic rings. The van der Waals surface area contributed by atoms with Crippen LogP contribution in [-0.2, 0) is 0 Å². The maximum Gasteiger partial charge on any atom is 0.0632 e. The van der Waals surface area contributed by atoms with Crippen molar-refractivity contribution in [3.05, 3.63) is 23.8 Å². The van der Waals surface area contributed by atoms with Crippen LogP contribution in [0.25, 0.3) is 0 Å². The van der Waals surface area contributed by atoms with E-state index in [4.69, 9.17) is 0 Å². The van der Waals surface area contributed by atoms with E-state index in [0.29, 0.717) is 12.1 Å². The van der Waals surface area contributed by atoms with Crippen LogP contribution in [0.5, 0.6) is 0 Å². The molecule has 0 saturated carbocycles. The topological polar surface area (TPSA) is 15.3 Å². The highest BCUT2D eigenvalue weighted by molar-refractivity contribution is 5.76. The molecular formula is C12H18N2. The number of aryl methyl sites for hydroxylation is 1. The highest BCUT2D eigenvalue weighted by Crippen LogP contribution is 2.35. The van der Waals surface area contributed by atoms with Gasteiger partial charge in [0.2, 0.25) is 0 Å². The Bertz CT molecular complexity index is 346. The van der Waals surface area contributed by atoms with Gasteiger partial charge >= 0.3 is 0 Å². The molecule has 0 saturated heterocycles. The van der Waals surface area contributed by atoms with Gasteiger partial charge in [-0.2, -0.15) is 0 Å². The molecule has 0 radical (unpaired) electrons. The van der Waals surface area contributed by atoms with Crippen molar-refractivity contribution in [2.75, 3.05) is 17.3 Å². The van der Waals surface area contributed by atoms with Crippen LogP contribution in [0.1, 0.15) is 19.4 Å². The first kappa shape index (κ1) is 9.38. The first-order chi connectivity index (χ1) is 6.61. The van der Waals surface area contributed by atoms with E-state index in [-0.39, 0.29) is 0 Å². The summed E-state index contributed by atoms with van der Waals surface area (Å²) < 4.78 is 0. The van der Waals surface area contributed by atoms with Crippen molar-refractivity contribution in [3.8, 4) is 0 Å². The number of nitrogens with one attached hydrogen (secondary N) is 1. The zero-order valence-electron chi connectivity index (χ0n) is 9.33. The second kappa shape index (κ2) is 3.19. The number of hydrogen-bond acceptors (Lipinski definition) is 2. The Kier molecular flexibility index (Phi) is 2.14. The number of nitrogens with zero attached hydrogens (tertiary/aromatic N) is 1. The van der Waals surface area contributed by atoms with Gasteiger partial charge in [-0.25, -0.2) is 0 Å². The standard InChI is InChI=1S/C12H18N2/c1-8-6-5-7-11-12(8)14(4)10(3)9(2)13-11/h5-7,9-10,13H,1-4H3. The molecule has 1 aromatic rings. The fourth-order valence-electron chi connectivity index (χ4n) is 2.15. The van der Waals surface area contributed by atoms with Crippen LogP contribution >= 0.6 is 0 Å². The van der Waals surface area contributed by atoms with Gasteiger partial charge in [0.15, 0.2) is 0 Å². The largest absolute Gasteiger partial charge is 0.379 e.